The quantitative estimate of drug-likeness (QED) is 0.719. The number of nitrogens with two attached hydrogens (primary N) is 1. The molecule has 0 aromatic heterocycles. The molecule has 0 amide bonds. The SMILES string of the molecule is NS(=O)(=O)CC1CCOC2(CCS(=O)(=O)C2)C1. The summed E-state index contributed by atoms with van der Waals surface area (Å²) >= 11 is 0. The van der Waals surface area contributed by atoms with Crippen molar-refractivity contribution in [1.82, 2.24) is 0 Å². The molecule has 2 heterocycles. The summed E-state index contributed by atoms with van der Waals surface area (Å²) in [5, 5.41) is 5.02. The van der Waals surface area contributed by atoms with E-state index >= 15 is 0 Å². The lowest BCUT2D eigenvalue weighted by Gasteiger charge is -2.37. The molecule has 8 heteroatoms. The molecule has 0 bridgehead atoms. The van der Waals surface area contributed by atoms with Gasteiger partial charge in [-0.3, -0.25) is 0 Å². The lowest BCUT2D eigenvalue weighted by Crippen LogP contribution is -2.43. The Kier molecular flexibility index (Phi) is 3.26. The molecule has 0 radical (unpaired) electrons. The first-order valence-electron chi connectivity index (χ1n) is 5.55. The van der Waals surface area contributed by atoms with Crippen molar-refractivity contribution >= 4 is 19.9 Å². The average Bonchev–Trinajstić information content (AvgIpc) is 2.38. The normalized spacial score (nSPS) is 37.4. The Morgan fingerprint density at radius 1 is 1.41 bits per heavy atom. The molecule has 2 aliphatic heterocycles. The summed E-state index contributed by atoms with van der Waals surface area (Å²) in [6.07, 6.45) is 1.57. The van der Waals surface area contributed by atoms with Gasteiger partial charge in [-0.25, -0.2) is 22.0 Å². The van der Waals surface area contributed by atoms with E-state index in [2.05, 4.69) is 0 Å². The topological polar surface area (TPSA) is 104 Å². The number of ether oxygens (including phenoxy) is 1. The monoisotopic (exact) mass is 283 g/mol. The van der Waals surface area contributed by atoms with Gasteiger partial charge in [0.25, 0.3) is 0 Å². The summed E-state index contributed by atoms with van der Waals surface area (Å²) in [4.78, 5) is 0. The number of hydrogen-bond acceptors (Lipinski definition) is 5. The molecule has 2 saturated heterocycles. The molecule has 0 aliphatic carbocycles. The largest absolute Gasteiger partial charge is 0.374 e. The fourth-order valence-electron chi connectivity index (χ4n) is 2.76. The van der Waals surface area contributed by atoms with Gasteiger partial charge in [-0.15, -0.1) is 0 Å². The van der Waals surface area contributed by atoms with Gasteiger partial charge in [0.2, 0.25) is 10.0 Å². The first-order chi connectivity index (χ1) is 7.70. The number of primary sulfonamides is 1. The maximum absolute atomic E-state index is 11.5. The van der Waals surface area contributed by atoms with Crippen LogP contribution in [0.3, 0.4) is 0 Å². The summed E-state index contributed by atoms with van der Waals surface area (Å²) in [5.41, 5.74) is -0.660. The van der Waals surface area contributed by atoms with Crippen molar-refractivity contribution in [2.45, 2.75) is 24.9 Å². The van der Waals surface area contributed by atoms with Crippen molar-refractivity contribution in [3.05, 3.63) is 0 Å². The number of sulfonamides is 1. The Balaban J connectivity index is 2.08. The van der Waals surface area contributed by atoms with E-state index in [0.29, 0.717) is 25.9 Å². The molecule has 100 valence electrons. The highest BCUT2D eigenvalue weighted by molar-refractivity contribution is 7.91. The van der Waals surface area contributed by atoms with Crippen molar-refractivity contribution < 1.29 is 21.6 Å². The van der Waals surface area contributed by atoms with Crippen LogP contribution in [0.2, 0.25) is 0 Å². The molecule has 1 spiro atoms. The van der Waals surface area contributed by atoms with E-state index in [1.54, 1.807) is 0 Å². The van der Waals surface area contributed by atoms with E-state index in [9.17, 15) is 16.8 Å². The van der Waals surface area contributed by atoms with Crippen LogP contribution < -0.4 is 5.14 Å². The number of rotatable bonds is 2. The van der Waals surface area contributed by atoms with Crippen molar-refractivity contribution in [3.8, 4) is 0 Å². The first-order valence-corrected chi connectivity index (χ1v) is 9.08. The molecule has 0 saturated carbocycles. The second kappa shape index (κ2) is 4.18. The molecule has 2 rings (SSSR count). The van der Waals surface area contributed by atoms with Gasteiger partial charge in [0.15, 0.2) is 9.84 Å². The molecule has 6 nitrogen and oxygen atoms in total. The minimum Gasteiger partial charge on any atom is -0.374 e. The van der Waals surface area contributed by atoms with Gasteiger partial charge in [0.1, 0.15) is 0 Å². The first kappa shape index (κ1) is 13.3. The van der Waals surface area contributed by atoms with Crippen molar-refractivity contribution in [1.29, 1.82) is 0 Å². The molecule has 2 aliphatic rings. The van der Waals surface area contributed by atoms with Crippen LogP contribution in [0.15, 0.2) is 0 Å². The van der Waals surface area contributed by atoms with Gasteiger partial charge < -0.3 is 4.74 Å². The lowest BCUT2D eigenvalue weighted by molar-refractivity contribution is -0.0759. The van der Waals surface area contributed by atoms with Crippen LogP contribution in [0.5, 0.6) is 0 Å². The lowest BCUT2D eigenvalue weighted by atomic mass is 9.86. The van der Waals surface area contributed by atoms with Gasteiger partial charge in [-0.1, -0.05) is 0 Å². The van der Waals surface area contributed by atoms with Crippen LogP contribution in [0.1, 0.15) is 19.3 Å². The summed E-state index contributed by atoms with van der Waals surface area (Å²) in [6.45, 7) is 0.412. The van der Waals surface area contributed by atoms with Crippen LogP contribution in [-0.2, 0) is 24.6 Å². The Morgan fingerprint density at radius 3 is 2.65 bits per heavy atom. The zero-order chi connectivity index (χ0) is 12.7. The molecular formula is C9H17NO5S2. The van der Waals surface area contributed by atoms with Gasteiger partial charge in [-0.2, -0.15) is 0 Å². The van der Waals surface area contributed by atoms with Crippen LogP contribution in [-0.4, -0.2) is 46.3 Å². The van der Waals surface area contributed by atoms with E-state index in [1.165, 1.54) is 0 Å². The zero-order valence-electron chi connectivity index (χ0n) is 9.46. The third-order valence-electron chi connectivity index (χ3n) is 3.41. The predicted octanol–water partition coefficient (Wildman–Crippen LogP) is -0.741. The standard InChI is InChI=1S/C9H17NO5S2/c10-17(13,14)6-8-1-3-15-9(5-8)2-4-16(11,12)7-9/h8H,1-7H2,(H2,10,13,14). The van der Waals surface area contributed by atoms with Crippen molar-refractivity contribution in [3.63, 3.8) is 0 Å². The van der Waals surface area contributed by atoms with Gasteiger partial charge in [0, 0.05) is 6.61 Å². The molecule has 2 N–H and O–H groups in total. The van der Waals surface area contributed by atoms with E-state index in [1.807, 2.05) is 0 Å². The summed E-state index contributed by atoms with van der Waals surface area (Å²) in [5.74, 6) is -0.0268. The number of hydrogen-bond donors (Lipinski definition) is 1. The van der Waals surface area contributed by atoms with Crippen LogP contribution in [0.25, 0.3) is 0 Å². The third-order valence-corrected chi connectivity index (χ3v) is 6.14. The summed E-state index contributed by atoms with van der Waals surface area (Å²) < 4.78 is 50.6. The second-order valence-electron chi connectivity index (χ2n) is 5.06. The molecule has 0 aromatic carbocycles. The molecule has 17 heavy (non-hydrogen) atoms. The predicted molar refractivity (Wildman–Crippen MR) is 62.7 cm³/mol. The number of sulfone groups is 1. The summed E-state index contributed by atoms with van der Waals surface area (Å²) in [7, 11) is -6.53. The average molecular weight is 283 g/mol. The minimum atomic E-state index is -3.50. The third kappa shape index (κ3) is 3.40. The molecule has 0 aromatic rings. The van der Waals surface area contributed by atoms with E-state index in [0.717, 1.165) is 0 Å². The van der Waals surface area contributed by atoms with Gasteiger partial charge >= 0.3 is 0 Å². The molecule has 2 atom stereocenters. The Bertz CT molecular complexity index is 497. The van der Waals surface area contributed by atoms with E-state index in [4.69, 9.17) is 9.88 Å². The maximum Gasteiger partial charge on any atom is 0.209 e. The molecule has 2 unspecified atom stereocenters. The maximum atomic E-state index is 11.5. The highest BCUT2D eigenvalue weighted by Crippen LogP contribution is 2.38. The zero-order valence-corrected chi connectivity index (χ0v) is 11.1. The van der Waals surface area contributed by atoms with Crippen molar-refractivity contribution in [2.24, 2.45) is 11.1 Å². The van der Waals surface area contributed by atoms with Crippen LogP contribution >= 0.6 is 0 Å². The second-order valence-corrected chi connectivity index (χ2v) is 8.90. The van der Waals surface area contributed by atoms with E-state index in [-0.39, 0.29) is 23.2 Å². The summed E-state index contributed by atoms with van der Waals surface area (Å²) in [6, 6.07) is 0. The molecule has 2 fully saturated rings. The van der Waals surface area contributed by atoms with E-state index < -0.39 is 25.5 Å². The van der Waals surface area contributed by atoms with Gasteiger partial charge in [-0.05, 0) is 25.2 Å². The van der Waals surface area contributed by atoms with Gasteiger partial charge in [0.05, 0.1) is 22.9 Å². The highest BCUT2D eigenvalue weighted by atomic mass is 32.2. The van der Waals surface area contributed by atoms with Crippen molar-refractivity contribution in [2.75, 3.05) is 23.9 Å². The highest BCUT2D eigenvalue weighted by Gasteiger charge is 2.46. The Hall–Kier alpha value is -0.180. The van der Waals surface area contributed by atoms with Crippen LogP contribution in [0.4, 0.5) is 0 Å². The fraction of sp³-hybridized carbons (Fsp3) is 1.00. The Labute approximate surface area is 101 Å². The Morgan fingerprint density at radius 2 is 2.12 bits per heavy atom. The smallest absolute Gasteiger partial charge is 0.209 e. The fourth-order valence-corrected chi connectivity index (χ4v) is 5.68. The van der Waals surface area contributed by atoms with Crippen LogP contribution in [0, 0.1) is 5.92 Å². The minimum absolute atomic E-state index is 0.0150. The molecular weight excluding hydrogens is 266 g/mol.